The van der Waals surface area contributed by atoms with Crippen molar-refractivity contribution in [1.29, 1.82) is 0 Å². The molecule has 4 aromatic heterocycles. The number of nitrogens with zero attached hydrogens (tertiary/aromatic N) is 4. The van der Waals surface area contributed by atoms with Gasteiger partial charge in [0.05, 0.1) is 23.2 Å². The van der Waals surface area contributed by atoms with Crippen LogP contribution in [0.2, 0.25) is 25.7 Å². The van der Waals surface area contributed by atoms with Crippen molar-refractivity contribution in [3.8, 4) is 17.0 Å². The lowest BCUT2D eigenvalue weighted by molar-refractivity contribution is -0.117. The smallest absolute Gasteiger partial charge is 0.231 e. The summed E-state index contributed by atoms with van der Waals surface area (Å²) < 4.78 is 27.8. The average molecular weight is 514 g/mol. The van der Waals surface area contributed by atoms with Crippen LogP contribution in [0.5, 0.6) is 5.88 Å². The Morgan fingerprint density at radius 1 is 1.29 bits per heavy atom. The molecule has 0 saturated heterocycles. The van der Waals surface area contributed by atoms with Gasteiger partial charge in [0.15, 0.2) is 5.65 Å². The fourth-order valence-electron chi connectivity index (χ4n) is 3.87. The normalized spacial score (nSPS) is 17.7. The zero-order valence-electron chi connectivity index (χ0n) is 20.2. The number of anilines is 1. The van der Waals surface area contributed by atoms with E-state index in [1.165, 1.54) is 11.3 Å². The standard InChI is InChI=1S/C24H28FN5O3SSi/c1-32-24-15(10-19-21(29-24)26-12-34-19)17-11-30(13-33-7-8-35(2,3)4)22-14(17)5-6-20(27-22)28-23(31)16-9-18(16)25/h5-6,10-12,16,18H,7-9,13H2,1-4H3,(H,27,28,31)/t16-,18+/m1/s1. The number of amides is 1. The molecule has 1 amide bonds. The number of methoxy groups -OCH3 is 1. The molecule has 11 heteroatoms. The van der Waals surface area contributed by atoms with E-state index >= 15 is 0 Å². The van der Waals surface area contributed by atoms with Crippen molar-refractivity contribution in [3.63, 3.8) is 0 Å². The number of hydrogen-bond acceptors (Lipinski definition) is 7. The molecule has 0 aliphatic heterocycles. The van der Waals surface area contributed by atoms with Crippen LogP contribution in [0.15, 0.2) is 29.9 Å². The lowest BCUT2D eigenvalue weighted by atomic mass is 10.1. The summed E-state index contributed by atoms with van der Waals surface area (Å²) in [5.41, 5.74) is 4.78. The van der Waals surface area contributed by atoms with Crippen LogP contribution in [0, 0.1) is 5.92 Å². The summed E-state index contributed by atoms with van der Waals surface area (Å²) in [4.78, 5) is 25.8. The first-order valence-corrected chi connectivity index (χ1v) is 16.1. The van der Waals surface area contributed by atoms with Crippen LogP contribution in [0.4, 0.5) is 10.2 Å². The molecular weight excluding hydrogens is 485 g/mol. The predicted octanol–water partition coefficient (Wildman–Crippen LogP) is 5.33. The summed E-state index contributed by atoms with van der Waals surface area (Å²) in [6.07, 6.45) is 1.19. The van der Waals surface area contributed by atoms with Crippen molar-refractivity contribution in [2.24, 2.45) is 5.92 Å². The van der Waals surface area contributed by atoms with Gasteiger partial charge in [0.25, 0.3) is 0 Å². The summed E-state index contributed by atoms with van der Waals surface area (Å²) in [5.74, 6) is -0.0587. The van der Waals surface area contributed by atoms with Crippen LogP contribution in [0.1, 0.15) is 6.42 Å². The average Bonchev–Trinajstić information content (AvgIpc) is 3.22. The van der Waals surface area contributed by atoms with E-state index in [0.717, 1.165) is 27.3 Å². The zero-order valence-corrected chi connectivity index (χ0v) is 22.0. The molecule has 4 aromatic rings. The molecule has 0 aromatic carbocycles. The summed E-state index contributed by atoms with van der Waals surface area (Å²) >= 11 is 1.51. The highest BCUT2D eigenvalue weighted by Gasteiger charge is 2.43. The molecular formula is C24H28FN5O3SSi. The lowest BCUT2D eigenvalue weighted by Gasteiger charge is -2.15. The number of halogens is 1. The van der Waals surface area contributed by atoms with Gasteiger partial charge < -0.3 is 19.4 Å². The van der Waals surface area contributed by atoms with Gasteiger partial charge in [0.2, 0.25) is 11.8 Å². The summed E-state index contributed by atoms with van der Waals surface area (Å²) in [5, 5.41) is 3.62. The number of hydrogen-bond donors (Lipinski definition) is 1. The molecule has 184 valence electrons. The monoisotopic (exact) mass is 513 g/mol. The van der Waals surface area contributed by atoms with Gasteiger partial charge in [-0.05, 0) is 30.7 Å². The molecule has 1 fully saturated rings. The molecule has 0 unspecified atom stereocenters. The molecule has 5 rings (SSSR count). The third kappa shape index (κ3) is 5.07. The van der Waals surface area contributed by atoms with Gasteiger partial charge in [-0.15, -0.1) is 11.3 Å². The highest BCUT2D eigenvalue weighted by Crippen LogP contribution is 2.38. The summed E-state index contributed by atoms with van der Waals surface area (Å²) in [7, 11) is 0.364. The molecule has 0 radical (unpaired) electrons. The van der Waals surface area contributed by atoms with E-state index in [-0.39, 0.29) is 12.3 Å². The number of alkyl halides is 1. The number of pyridine rings is 2. The minimum absolute atomic E-state index is 0.270. The number of carbonyl (C=O) groups excluding carboxylic acids is 1. The molecule has 35 heavy (non-hydrogen) atoms. The Morgan fingerprint density at radius 2 is 2.09 bits per heavy atom. The molecule has 4 heterocycles. The van der Waals surface area contributed by atoms with Crippen molar-refractivity contribution in [3.05, 3.63) is 29.9 Å². The van der Waals surface area contributed by atoms with Crippen molar-refractivity contribution in [2.45, 2.75) is 45.0 Å². The molecule has 1 N–H and O–H groups in total. The fraction of sp³-hybridized carbons (Fsp3) is 0.417. The van der Waals surface area contributed by atoms with Gasteiger partial charge in [0.1, 0.15) is 24.4 Å². The number of carbonyl (C=O) groups is 1. The Balaban J connectivity index is 1.53. The molecule has 1 aliphatic carbocycles. The summed E-state index contributed by atoms with van der Waals surface area (Å²) in [6, 6.07) is 6.72. The highest BCUT2D eigenvalue weighted by atomic mass is 32.1. The van der Waals surface area contributed by atoms with Gasteiger partial charge in [-0.1, -0.05) is 19.6 Å². The molecule has 1 saturated carbocycles. The van der Waals surface area contributed by atoms with E-state index in [1.807, 2.05) is 22.9 Å². The van der Waals surface area contributed by atoms with Crippen molar-refractivity contribution < 1.29 is 18.7 Å². The van der Waals surface area contributed by atoms with Crippen LogP contribution in [0.25, 0.3) is 32.5 Å². The van der Waals surface area contributed by atoms with Crippen LogP contribution >= 0.6 is 11.3 Å². The maximum Gasteiger partial charge on any atom is 0.231 e. The molecule has 1 aliphatic rings. The van der Waals surface area contributed by atoms with Gasteiger partial charge >= 0.3 is 0 Å². The van der Waals surface area contributed by atoms with Crippen molar-refractivity contribution in [2.75, 3.05) is 19.0 Å². The first-order chi connectivity index (χ1) is 16.7. The topological polar surface area (TPSA) is 91.2 Å². The van der Waals surface area contributed by atoms with Gasteiger partial charge in [-0.2, -0.15) is 4.98 Å². The fourth-order valence-corrected chi connectivity index (χ4v) is 5.28. The van der Waals surface area contributed by atoms with Crippen molar-refractivity contribution >= 4 is 52.5 Å². The van der Waals surface area contributed by atoms with E-state index in [2.05, 4.69) is 34.9 Å². The Hall–Kier alpha value is -2.89. The van der Waals surface area contributed by atoms with Crippen molar-refractivity contribution in [1.82, 2.24) is 19.5 Å². The lowest BCUT2D eigenvalue weighted by Crippen LogP contribution is -2.22. The van der Waals surface area contributed by atoms with Crippen LogP contribution in [-0.4, -0.2) is 53.4 Å². The minimum Gasteiger partial charge on any atom is -0.480 e. The van der Waals surface area contributed by atoms with E-state index in [1.54, 1.807) is 18.7 Å². The Labute approximate surface area is 207 Å². The number of ether oxygens (including phenoxy) is 2. The molecule has 0 spiro atoms. The Bertz CT molecular complexity index is 1400. The number of rotatable bonds is 9. The maximum absolute atomic E-state index is 13.3. The maximum atomic E-state index is 13.3. The van der Waals surface area contributed by atoms with Crippen LogP contribution in [0.3, 0.4) is 0 Å². The second-order valence-electron chi connectivity index (χ2n) is 9.99. The molecule has 8 nitrogen and oxygen atoms in total. The number of aromatic nitrogens is 4. The minimum atomic E-state index is -1.22. The van der Waals surface area contributed by atoms with E-state index in [0.29, 0.717) is 36.3 Å². The van der Waals surface area contributed by atoms with E-state index in [9.17, 15) is 9.18 Å². The zero-order chi connectivity index (χ0) is 24.7. The SMILES string of the molecule is COc1nc2ncsc2cc1-c1cn(COCC[Si](C)(C)C)c2nc(NC(=O)[C@@H]3C[C@@H]3F)ccc12. The third-order valence-electron chi connectivity index (χ3n) is 6.02. The number of fused-ring (bicyclic) bond motifs is 2. The van der Waals surface area contributed by atoms with E-state index < -0.39 is 20.2 Å². The van der Waals surface area contributed by atoms with Crippen LogP contribution < -0.4 is 10.1 Å². The first kappa shape index (κ1) is 23.8. The largest absolute Gasteiger partial charge is 0.480 e. The third-order valence-corrected chi connectivity index (χ3v) is 8.49. The number of thiazole rings is 1. The Morgan fingerprint density at radius 3 is 2.80 bits per heavy atom. The second-order valence-corrected chi connectivity index (χ2v) is 16.5. The van der Waals surface area contributed by atoms with Gasteiger partial charge in [-0.25, -0.2) is 14.4 Å². The predicted molar refractivity (Wildman–Crippen MR) is 138 cm³/mol. The summed E-state index contributed by atoms with van der Waals surface area (Å²) in [6.45, 7) is 7.92. The molecule has 0 bridgehead atoms. The van der Waals surface area contributed by atoms with Gasteiger partial charge in [-0.3, -0.25) is 4.79 Å². The first-order valence-electron chi connectivity index (χ1n) is 11.5. The molecule has 2 atom stereocenters. The number of nitrogens with one attached hydrogen (secondary N) is 1. The van der Waals surface area contributed by atoms with Gasteiger partial charge in [0, 0.05) is 37.4 Å². The quantitative estimate of drug-likeness (QED) is 0.240. The van der Waals surface area contributed by atoms with E-state index in [4.69, 9.17) is 14.5 Å². The highest BCUT2D eigenvalue weighted by molar-refractivity contribution is 7.16. The second kappa shape index (κ2) is 9.28. The Kier molecular flexibility index (Phi) is 6.32. The van der Waals surface area contributed by atoms with Crippen LogP contribution in [-0.2, 0) is 16.3 Å².